The van der Waals surface area contributed by atoms with Crippen molar-refractivity contribution < 1.29 is 33.2 Å². The molecule has 9 heteroatoms. The van der Waals surface area contributed by atoms with Crippen LogP contribution in [0.25, 0.3) is 33.4 Å². The molecule has 0 saturated carbocycles. The normalized spacial score (nSPS) is 22.3. The van der Waals surface area contributed by atoms with E-state index in [1.807, 2.05) is 55.5 Å². The summed E-state index contributed by atoms with van der Waals surface area (Å²) >= 11 is 0. The Morgan fingerprint density at radius 1 is 0.923 bits per heavy atom. The Hall–Kier alpha value is -3.50. The van der Waals surface area contributed by atoms with Crippen LogP contribution in [0.3, 0.4) is 0 Å². The van der Waals surface area contributed by atoms with E-state index in [9.17, 15) is 5.11 Å². The zero-order chi connectivity index (χ0) is 26.8. The van der Waals surface area contributed by atoms with Gasteiger partial charge in [0, 0.05) is 30.2 Å². The number of fused-ring (bicyclic) bond motifs is 2. The number of pyridine rings is 1. The Kier molecular flexibility index (Phi) is 7.47. The molecule has 4 heterocycles. The van der Waals surface area contributed by atoms with Gasteiger partial charge in [-0.15, -0.1) is 0 Å². The molecule has 2 aromatic heterocycles. The first-order valence-electron chi connectivity index (χ1n) is 13.2. The number of nitrogens with zero attached hydrogens (tertiary/aromatic N) is 1. The third-order valence-electron chi connectivity index (χ3n) is 7.16. The van der Waals surface area contributed by atoms with Gasteiger partial charge in [-0.3, -0.25) is 0 Å². The van der Waals surface area contributed by atoms with Crippen LogP contribution in [0, 0.1) is 11.7 Å². The van der Waals surface area contributed by atoms with Crippen LogP contribution in [-0.2, 0) is 14.2 Å². The first-order chi connectivity index (χ1) is 19.1. The second kappa shape index (κ2) is 11.3. The maximum Gasteiger partial charge on any atom is 0.193 e. The van der Waals surface area contributed by atoms with E-state index >= 15 is 4.39 Å². The van der Waals surface area contributed by atoms with Crippen LogP contribution in [0.2, 0.25) is 0 Å². The average Bonchev–Trinajstić information content (AvgIpc) is 3.66. The van der Waals surface area contributed by atoms with Gasteiger partial charge in [-0.2, -0.15) is 0 Å². The van der Waals surface area contributed by atoms with Gasteiger partial charge in [0.1, 0.15) is 30.3 Å². The van der Waals surface area contributed by atoms with Crippen molar-refractivity contribution in [2.24, 2.45) is 5.92 Å². The molecule has 0 radical (unpaired) electrons. The van der Waals surface area contributed by atoms with Crippen molar-refractivity contribution in [1.29, 1.82) is 0 Å². The third-order valence-corrected chi connectivity index (χ3v) is 7.16. The van der Waals surface area contributed by atoms with E-state index in [1.165, 1.54) is 6.07 Å². The minimum Gasteiger partial charge on any atom is -0.491 e. The van der Waals surface area contributed by atoms with Crippen molar-refractivity contribution in [1.82, 2.24) is 9.97 Å². The van der Waals surface area contributed by atoms with Crippen LogP contribution in [0.5, 0.6) is 11.6 Å². The van der Waals surface area contributed by atoms with E-state index in [0.717, 1.165) is 16.9 Å². The van der Waals surface area contributed by atoms with Gasteiger partial charge in [-0.25, -0.2) is 9.37 Å². The first kappa shape index (κ1) is 25.8. The first-order valence-corrected chi connectivity index (χ1v) is 13.2. The zero-order valence-corrected chi connectivity index (χ0v) is 21.6. The highest BCUT2D eigenvalue weighted by atomic mass is 19.1. The van der Waals surface area contributed by atoms with E-state index in [0.29, 0.717) is 55.5 Å². The largest absolute Gasteiger partial charge is 0.491 e. The molecule has 0 spiro atoms. The molecule has 2 aromatic carbocycles. The number of nitrogens with one attached hydrogen (secondary N) is 1. The van der Waals surface area contributed by atoms with Gasteiger partial charge in [-0.1, -0.05) is 36.4 Å². The van der Waals surface area contributed by atoms with Crippen molar-refractivity contribution in [2.45, 2.75) is 25.2 Å². The van der Waals surface area contributed by atoms with Crippen molar-refractivity contribution in [3.8, 4) is 34.0 Å². The number of aliphatic hydroxyl groups is 1. The molecular formula is C30H31FN2O6. The van der Waals surface area contributed by atoms with Crippen molar-refractivity contribution >= 4 is 11.0 Å². The molecule has 0 bridgehead atoms. The maximum atomic E-state index is 15.0. The second-order valence-electron chi connectivity index (χ2n) is 9.77. The minimum absolute atomic E-state index is 0.0152. The Labute approximate surface area is 225 Å². The maximum absolute atomic E-state index is 15.0. The SMILES string of the molecule is CCOCCOc1ccc(-c2ccc(-c3nc4cc(OCC5CO[C@@H]6C(O)CO[C@H]56)[nH]c4cc3F)cc2)cc1. The molecule has 0 amide bonds. The average molecular weight is 535 g/mol. The number of rotatable bonds is 10. The summed E-state index contributed by atoms with van der Waals surface area (Å²) in [6, 6.07) is 18.7. The van der Waals surface area contributed by atoms with E-state index in [4.69, 9.17) is 23.7 Å². The molecule has 2 aliphatic heterocycles. The van der Waals surface area contributed by atoms with Crippen LogP contribution in [0.4, 0.5) is 4.39 Å². The lowest BCUT2D eigenvalue weighted by atomic mass is 10.0. The van der Waals surface area contributed by atoms with E-state index in [1.54, 1.807) is 6.07 Å². The molecule has 2 fully saturated rings. The topological polar surface area (TPSA) is 95.1 Å². The van der Waals surface area contributed by atoms with Gasteiger partial charge in [0.25, 0.3) is 0 Å². The molecular weight excluding hydrogens is 503 g/mol. The molecule has 39 heavy (non-hydrogen) atoms. The number of H-pyrrole nitrogens is 1. The molecule has 2 aliphatic rings. The number of benzene rings is 2. The summed E-state index contributed by atoms with van der Waals surface area (Å²) in [6.07, 6.45) is -1.06. The van der Waals surface area contributed by atoms with Crippen LogP contribution in [-0.4, -0.2) is 73.0 Å². The number of hydrogen-bond donors (Lipinski definition) is 2. The lowest BCUT2D eigenvalue weighted by Gasteiger charge is -2.15. The van der Waals surface area contributed by atoms with Crippen molar-refractivity contribution in [3.63, 3.8) is 0 Å². The second-order valence-corrected chi connectivity index (χ2v) is 9.77. The summed E-state index contributed by atoms with van der Waals surface area (Å²) in [4.78, 5) is 7.66. The van der Waals surface area contributed by atoms with Gasteiger partial charge in [0.05, 0.1) is 43.6 Å². The summed E-state index contributed by atoms with van der Waals surface area (Å²) in [5, 5.41) is 9.92. The molecule has 2 unspecified atom stereocenters. The predicted molar refractivity (Wildman–Crippen MR) is 143 cm³/mol. The summed E-state index contributed by atoms with van der Waals surface area (Å²) in [6.45, 7) is 4.80. The Morgan fingerprint density at radius 3 is 2.41 bits per heavy atom. The third kappa shape index (κ3) is 5.49. The molecule has 8 nitrogen and oxygen atoms in total. The fraction of sp³-hybridized carbons (Fsp3) is 0.367. The molecule has 0 aliphatic carbocycles. The summed E-state index contributed by atoms with van der Waals surface area (Å²) in [5.41, 5.74) is 4.17. The van der Waals surface area contributed by atoms with E-state index in [-0.39, 0.29) is 30.4 Å². The van der Waals surface area contributed by atoms with Gasteiger partial charge in [0.2, 0.25) is 0 Å². The summed E-state index contributed by atoms with van der Waals surface area (Å²) in [7, 11) is 0. The van der Waals surface area contributed by atoms with Crippen LogP contribution in [0.1, 0.15) is 6.92 Å². The molecule has 2 N–H and O–H groups in total. The number of hydrogen-bond acceptors (Lipinski definition) is 7. The van der Waals surface area contributed by atoms with E-state index in [2.05, 4.69) is 9.97 Å². The number of halogens is 1. The van der Waals surface area contributed by atoms with Crippen LogP contribution >= 0.6 is 0 Å². The molecule has 2 saturated heterocycles. The molecule has 4 aromatic rings. The Morgan fingerprint density at radius 2 is 1.64 bits per heavy atom. The number of aromatic nitrogens is 2. The molecule has 6 rings (SSSR count). The molecule has 204 valence electrons. The lowest BCUT2D eigenvalue weighted by molar-refractivity contribution is 0.0152. The fourth-order valence-electron chi connectivity index (χ4n) is 5.11. The number of aromatic amines is 1. The minimum atomic E-state index is -0.594. The van der Waals surface area contributed by atoms with Gasteiger partial charge < -0.3 is 33.8 Å². The van der Waals surface area contributed by atoms with Crippen LogP contribution < -0.4 is 9.47 Å². The highest BCUT2D eigenvalue weighted by Gasteiger charge is 2.47. The van der Waals surface area contributed by atoms with Crippen molar-refractivity contribution in [2.75, 3.05) is 39.6 Å². The fourth-order valence-corrected chi connectivity index (χ4v) is 5.11. The quantitative estimate of drug-likeness (QED) is 0.287. The smallest absolute Gasteiger partial charge is 0.193 e. The predicted octanol–water partition coefficient (Wildman–Crippen LogP) is 4.60. The summed E-state index contributed by atoms with van der Waals surface area (Å²) in [5.74, 6) is 0.881. The lowest BCUT2D eigenvalue weighted by Crippen LogP contribution is -2.31. The van der Waals surface area contributed by atoms with E-state index < -0.39 is 11.9 Å². The standard InChI is InChI=1S/C30H31FN2O6/c1-2-35-11-12-36-22-9-7-19(8-10-22)18-3-5-20(6-4-18)28-23(31)13-24-25(33-28)14-27(32-24)37-15-21-16-38-30-26(34)17-39-29(21)30/h3-10,13-14,21,26,29-30,32,34H,2,11-12,15-17H2,1H3/t21?,26?,29-,30-/m1/s1. The van der Waals surface area contributed by atoms with Crippen molar-refractivity contribution in [3.05, 3.63) is 66.5 Å². The Balaban J connectivity index is 1.12. The Bertz CT molecular complexity index is 1410. The highest BCUT2D eigenvalue weighted by Crippen LogP contribution is 2.33. The molecule has 4 atom stereocenters. The zero-order valence-electron chi connectivity index (χ0n) is 21.6. The van der Waals surface area contributed by atoms with Gasteiger partial charge in [-0.05, 0) is 30.2 Å². The summed E-state index contributed by atoms with van der Waals surface area (Å²) < 4.78 is 43.3. The number of aliphatic hydroxyl groups excluding tert-OH is 1. The highest BCUT2D eigenvalue weighted by molar-refractivity contribution is 5.81. The monoisotopic (exact) mass is 534 g/mol. The number of ether oxygens (including phenoxy) is 5. The van der Waals surface area contributed by atoms with Gasteiger partial charge in [0.15, 0.2) is 11.7 Å². The van der Waals surface area contributed by atoms with Crippen LogP contribution in [0.15, 0.2) is 60.7 Å². The van der Waals surface area contributed by atoms with Gasteiger partial charge >= 0.3 is 0 Å².